The molecule has 2 heterocycles. The third kappa shape index (κ3) is 3.27. The van der Waals surface area contributed by atoms with E-state index < -0.39 is 12.1 Å². The van der Waals surface area contributed by atoms with Gasteiger partial charge in [0.1, 0.15) is 17.7 Å². The quantitative estimate of drug-likeness (QED) is 0.843. The van der Waals surface area contributed by atoms with E-state index >= 15 is 0 Å². The molecule has 0 aromatic rings. The molecule has 0 spiro atoms. The lowest BCUT2D eigenvalue weighted by atomic mass is 9.97. The molecule has 2 saturated heterocycles. The number of piperidine rings is 1. The van der Waals surface area contributed by atoms with Gasteiger partial charge in [-0.3, -0.25) is 14.6 Å². The van der Waals surface area contributed by atoms with Gasteiger partial charge in [-0.15, -0.1) is 0 Å². The van der Waals surface area contributed by atoms with Gasteiger partial charge in [-0.25, -0.2) is 9.18 Å². The summed E-state index contributed by atoms with van der Waals surface area (Å²) in [6.07, 6.45) is 6.12. The monoisotopic (exact) mass is 335 g/mol. The average Bonchev–Trinajstić information content (AvgIpc) is 2.83. The largest absolute Gasteiger partial charge is 0.443 e. The summed E-state index contributed by atoms with van der Waals surface area (Å²) in [5, 5.41) is 0. The first-order valence-corrected chi connectivity index (χ1v) is 8.20. The third-order valence-electron chi connectivity index (χ3n) is 4.67. The van der Waals surface area contributed by atoms with Crippen LogP contribution in [0.25, 0.3) is 0 Å². The van der Waals surface area contributed by atoms with Crippen molar-refractivity contribution in [1.82, 2.24) is 9.80 Å². The van der Waals surface area contributed by atoms with Gasteiger partial charge in [0, 0.05) is 37.7 Å². The normalized spacial score (nSPS) is 31.6. The third-order valence-corrected chi connectivity index (χ3v) is 4.67. The van der Waals surface area contributed by atoms with E-state index in [0.717, 1.165) is 0 Å². The number of nitrogens with zero attached hydrogens (tertiary/aromatic N) is 2. The van der Waals surface area contributed by atoms with Crippen LogP contribution in [0.3, 0.4) is 0 Å². The van der Waals surface area contributed by atoms with Crippen LogP contribution >= 0.6 is 0 Å². The molecule has 130 valence electrons. The van der Waals surface area contributed by atoms with Crippen LogP contribution in [0.5, 0.6) is 0 Å². The number of allylic oxidation sites excluding steroid dienone is 3. The predicted octanol–water partition coefficient (Wildman–Crippen LogP) is 1.35. The Labute approximate surface area is 140 Å². The molecule has 7 heteroatoms. The second-order valence-corrected chi connectivity index (χ2v) is 6.41. The Morgan fingerprint density at radius 3 is 2.83 bits per heavy atom. The van der Waals surface area contributed by atoms with Crippen LogP contribution in [0.2, 0.25) is 0 Å². The van der Waals surface area contributed by atoms with E-state index in [1.54, 1.807) is 18.2 Å². The Balaban J connectivity index is 1.75. The molecule has 3 atom stereocenters. The van der Waals surface area contributed by atoms with E-state index in [4.69, 9.17) is 10.5 Å². The summed E-state index contributed by atoms with van der Waals surface area (Å²) in [6.45, 7) is 3.49. The zero-order chi connectivity index (χ0) is 17.3. The molecule has 0 aromatic carbocycles. The zero-order valence-corrected chi connectivity index (χ0v) is 13.7. The minimum Gasteiger partial charge on any atom is -0.443 e. The number of rotatable bonds is 3. The van der Waals surface area contributed by atoms with E-state index in [9.17, 15) is 14.0 Å². The molecule has 3 unspecified atom stereocenters. The van der Waals surface area contributed by atoms with Crippen molar-refractivity contribution < 1.29 is 18.7 Å². The maximum Gasteiger partial charge on any atom is 0.414 e. The fraction of sp³-hybridized carbons (Fsp3) is 0.529. The molecule has 0 aromatic heterocycles. The van der Waals surface area contributed by atoms with Crippen LogP contribution in [0, 0.1) is 5.92 Å². The van der Waals surface area contributed by atoms with Gasteiger partial charge in [0.05, 0.1) is 12.6 Å². The van der Waals surface area contributed by atoms with E-state index in [1.807, 2.05) is 11.8 Å². The first-order valence-electron chi connectivity index (χ1n) is 8.20. The number of hydrogen-bond donors (Lipinski definition) is 1. The first kappa shape index (κ1) is 16.9. The van der Waals surface area contributed by atoms with Gasteiger partial charge in [0.15, 0.2) is 0 Å². The molecule has 0 saturated carbocycles. The molecule has 0 radical (unpaired) electrons. The number of carbonyl (C=O) groups excluding carboxylic acids is 2. The highest BCUT2D eigenvalue weighted by Crippen LogP contribution is 2.26. The minimum atomic E-state index is -0.516. The smallest absolute Gasteiger partial charge is 0.414 e. The number of ether oxygens (including phenoxy) is 1. The summed E-state index contributed by atoms with van der Waals surface area (Å²) < 4.78 is 19.9. The number of likely N-dealkylation sites (tertiary alicyclic amines) is 1. The highest BCUT2D eigenvalue weighted by molar-refractivity contribution is 5.81. The molecule has 3 rings (SSSR count). The summed E-state index contributed by atoms with van der Waals surface area (Å²) in [6, 6.07) is -0.516. The number of amides is 1. The number of cyclic esters (lactones) is 1. The maximum absolute atomic E-state index is 14.8. The lowest BCUT2D eigenvalue weighted by Gasteiger charge is -2.34. The molecule has 1 amide bonds. The van der Waals surface area contributed by atoms with E-state index in [-0.39, 0.29) is 30.2 Å². The first-order chi connectivity index (χ1) is 11.5. The number of carbonyl (C=O) groups is 2. The van der Waals surface area contributed by atoms with Crippen LogP contribution in [-0.4, -0.2) is 60.0 Å². The molecule has 2 aliphatic heterocycles. The van der Waals surface area contributed by atoms with Crippen LogP contribution in [-0.2, 0) is 9.53 Å². The molecular formula is C17H22FN3O3. The molecule has 1 aliphatic carbocycles. The fourth-order valence-electron chi connectivity index (χ4n) is 3.24. The van der Waals surface area contributed by atoms with Crippen LogP contribution < -0.4 is 5.73 Å². The second-order valence-electron chi connectivity index (χ2n) is 6.41. The van der Waals surface area contributed by atoms with Crippen LogP contribution in [0.1, 0.15) is 13.3 Å². The molecule has 3 aliphatic rings. The van der Waals surface area contributed by atoms with Gasteiger partial charge >= 0.3 is 6.09 Å². The van der Waals surface area contributed by atoms with Gasteiger partial charge in [-0.05, 0) is 12.2 Å². The van der Waals surface area contributed by atoms with Gasteiger partial charge in [-0.1, -0.05) is 19.1 Å². The summed E-state index contributed by atoms with van der Waals surface area (Å²) in [4.78, 5) is 26.9. The Bertz CT molecular complexity index is 629. The Morgan fingerprint density at radius 1 is 1.38 bits per heavy atom. The topological polar surface area (TPSA) is 75.9 Å². The van der Waals surface area contributed by atoms with Crippen molar-refractivity contribution in [2.45, 2.75) is 25.5 Å². The summed E-state index contributed by atoms with van der Waals surface area (Å²) in [7, 11) is 0. The number of ketones is 1. The number of halogens is 1. The summed E-state index contributed by atoms with van der Waals surface area (Å²) in [5.41, 5.74) is 5.98. The Morgan fingerprint density at radius 2 is 2.17 bits per heavy atom. The van der Waals surface area contributed by atoms with E-state index in [2.05, 4.69) is 0 Å². The van der Waals surface area contributed by atoms with Crippen molar-refractivity contribution >= 4 is 11.9 Å². The zero-order valence-electron chi connectivity index (χ0n) is 13.7. The number of nitrogens with two attached hydrogens (primary N) is 1. The molecule has 2 fully saturated rings. The molecule has 0 bridgehead atoms. The van der Waals surface area contributed by atoms with Crippen molar-refractivity contribution in [3.05, 3.63) is 35.8 Å². The maximum atomic E-state index is 14.8. The predicted molar refractivity (Wildman–Crippen MR) is 86.6 cm³/mol. The average molecular weight is 335 g/mol. The second kappa shape index (κ2) is 6.86. The van der Waals surface area contributed by atoms with Crippen molar-refractivity contribution in [2.75, 3.05) is 26.2 Å². The highest BCUT2D eigenvalue weighted by atomic mass is 19.1. The molecule has 24 heavy (non-hydrogen) atoms. The Kier molecular flexibility index (Phi) is 4.82. The van der Waals surface area contributed by atoms with E-state index in [1.165, 1.54) is 11.0 Å². The molecular weight excluding hydrogens is 313 g/mol. The highest BCUT2D eigenvalue weighted by Gasteiger charge is 2.34. The lowest BCUT2D eigenvalue weighted by Crippen LogP contribution is -2.45. The van der Waals surface area contributed by atoms with Gasteiger partial charge in [-0.2, -0.15) is 0 Å². The lowest BCUT2D eigenvalue weighted by molar-refractivity contribution is -0.125. The van der Waals surface area contributed by atoms with Crippen molar-refractivity contribution in [3.63, 3.8) is 0 Å². The minimum absolute atomic E-state index is 0.0884. The summed E-state index contributed by atoms with van der Waals surface area (Å²) in [5.74, 6) is -0.213. The standard InChI is InChI=1S/C17H22FN3O3/c1-11-9-20(6-5-16(11)22)15-4-2-3-12(7-14(15)18)21-10-13(8-19)24-17(21)23/h2-4,7,11,13,15H,5-6,8-10,19H2,1H3. The van der Waals surface area contributed by atoms with Crippen molar-refractivity contribution in [1.29, 1.82) is 0 Å². The van der Waals surface area contributed by atoms with Crippen LogP contribution in [0.15, 0.2) is 35.8 Å². The van der Waals surface area contributed by atoms with Crippen LogP contribution in [0.4, 0.5) is 9.18 Å². The SMILES string of the molecule is CC1CN(C2C=CC=C(N3CC(CN)OC3=O)C=C2F)CCC1=O. The van der Waals surface area contributed by atoms with Gasteiger partial charge in [0.25, 0.3) is 0 Å². The fourth-order valence-corrected chi connectivity index (χ4v) is 3.24. The van der Waals surface area contributed by atoms with Crippen molar-refractivity contribution in [3.8, 4) is 0 Å². The van der Waals surface area contributed by atoms with Gasteiger partial charge in [0.2, 0.25) is 0 Å². The van der Waals surface area contributed by atoms with Crippen molar-refractivity contribution in [2.24, 2.45) is 11.7 Å². The number of Topliss-reactive ketones (excluding diaryl/α,β-unsaturated/α-hetero) is 1. The molecule has 6 nitrogen and oxygen atoms in total. The Hall–Kier alpha value is -1.99. The van der Waals surface area contributed by atoms with Gasteiger partial charge < -0.3 is 10.5 Å². The number of hydrogen-bond acceptors (Lipinski definition) is 5. The van der Waals surface area contributed by atoms with E-state index in [0.29, 0.717) is 31.8 Å². The summed E-state index contributed by atoms with van der Waals surface area (Å²) >= 11 is 0. The molecule has 2 N–H and O–H groups in total.